The molecule has 2 nitrogen and oxygen atoms in total. The Hall–Kier alpha value is -0.530. The Labute approximate surface area is 83.9 Å². The summed E-state index contributed by atoms with van der Waals surface area (Å²) in [7, 11) is 1.62. The number of halogens is 1. The highest BCUT2D eigenvalue weighted by Crippen LogP contribution is 2.37. The summed E-state index contributed by atoms with van der Waals surface area (Å²) in [4.78, 5) is 1.03. The van der Waals surface area contributed by atoms with Crippen molar-refractivity contribution < 1.29 is 4.74 Å². The molecule has 12 heavy (non-hydrogen) atoms. The molecule has 0 aromatic carbocycles. The number of ether oxygens (including phenoxy) is 1. The lowest BCUT2D eigenvalue weighted by atomic mass is 10.2. The molecule has 1 atom stereocenters. The number of rotatable bonds is 2. The Morgan fingerprint density at radius 1 is 1.75 bits per heavy atom. The van der Waals surface area contributed by atoms with E-state index in [1.165, 1.54) is 11.3 Å². The van der Waals surface area contributed by atoms with Gasteiger partial charge in [-0.3, -0.25) is 0 Å². The van der Waals surface area contributed by atoms with Crippen molar-refractivity contribution in [3.8, 4) is 11.1 Å². The van der Waals surface area contributed by atoms with Gasteiger partial charge in [-0.15, -0.1) is 11.3 Å². The molecule has 1 heterocycles. The minimum absolute atomic E-state index is 0.0600. The van der Waals surface area contributed by atoms with Gasteiger partial charge >= 0.3 is 0 Å². The van der Waals surface area contributed by atoms with E-state index in [0.29, 0.717) is 0 Å². The summed E-state index contributed by atoms with van der Waals surface area (Å²) in [6, 6.07) is 4.11. The molecular weight excluding hydrogens is 238 g/mol. The van der Waals surface area contributed by atoms with Crippen LogP contribution >= 0.6 is 27.3 Å². The second-order valence-corrected chi connectivity index (χ2v) is 4.24. The molecule has 0 aliphatic carbocycles. The van der Waals surface area contributed by atoms with Gasteiger partial charge in [0.25, 0.3) is 0 Å². The Kier molecular flexibility index (Phi) is 3.12. The van der Waals surface area contributed by atoms with Crippen LogP contribution in [0.25, 0.3) is 0 Å². The maximum absolute atomic E-state index is 8.66. The summed E-state index contributed by atoms with van der Waals surface area (Å²) in [6.45, 7) is 1.87. The monoisotopic (exact) mass is 245 g/mol. The van der Waals surface area contributed by atoms with E-state index in [1.807, 2.05) is 13.0 Å². The SMILES string of the molecule is COc1sc(C(C)C#N)cc1Br. The maximum Gasteiger partial charge on any atom is 0.188 e. The average Bonchev–Trinajstić information content (AvgIpc) is 2.45. The topological polar surface area (TPSA) is 33.0 Å². The molecule has 64 valence electrons. The smallest absolute Gasteiger partial charge is 0.188 e. The molecule has 0 N–H and O–H groups in total. The van der Waals surface area contributed by atoms with Crippen LogP contribution in [0.3, 0.4) is 0 Å². The molecule has 0 bridgehead atoms. The van der Waals surface area contributed by atoms with Crippen molar-refractivity contribution in [2.45, 2.75) is 12.8 Å². The molecule has 1 aromatic heterocycles. The molecule has 0 amide bonds. The van der Waals surface area contributed by atoms with E-state index < -0.39 is 0 Å². The van der Waals surface area contributed by atoms with Gasteiger partial charge in [-0.25, -0.2) is 0 Å². The van der Waals surface area contributed by atoms with E-state index in [0.717, 1.165) is 14.4 Å². The third-order valence-electron chi connectivity index (χ3n) is 1.48. The lowest BCUT2D eigenvalue weighted by molar-refractivity contribution is 0.425. The molecule has 0 fully saturated rings. The lowest BCUT2D eigenvalue weighted by Crippen LogP contribution is -1.81. The lowest BCUT2D eigenvalue weighted by Gasteiger charge is -1.94. The summed E-state index contributed by atoms with van der Waals surface area (Å²) >= 11 is 4.85. The van der Waals surface area contributed by atoms with Crippen LogP contribution in [0.5, 0.6) is 5.06 Å². The number of methoxy groups -OCH3 is 1. The summed E-state index contributed by atoms with van der Waals surface area (Å²) < 4.78 is 6.01. The molecule has 1 rings (SSSR count). The van der Waals surface area contributed by atoms with Crippen molar-refractivity contribution in [3.05, 3.63) is 15.4 Å². The summed E-state index contributed by atoms with van der Waals surface area (Å²) in [5, 5.41) is 9.49. The zero-order valence-electron chi connectivity index (χ0n) is 6.80. The standard InChI is InChI=1S/C8H8BrNOS/c1-5(4-10)7-3-6(9)8(11-2)12-7/h3,5H,1-2H3. The maximum atomic E-state index is 8.66. The molecule has 4 heteroatoms. The number of nitriles is 1. The molecular formula is C8H8BrNOS. The van der Waals surface area contributed by atoms with Crippen molar-refractivity contribution in [1.82, 2.24) is 0 Å². The van der Waals surface area contributed by atoms with Crippen LogP contribution in [0.15, 0.2) is 10.5 Å². The van der Waals surface area contributed by atoms with Gasteiger partial charge in [0.2, 0.25) is 0 Å². The fraction of sp³-hybridized carbons (Fsp3) is 0.375. The third-order valence-corrected chi connectivity index (χ3v) is 3.61. The van der Waals surface area contributed by atoms with Crippen LogP contribution in [-0.2, 0) is 0 Å². The van der Waals surface area contributed by atoms with Gasteiger partial charge in [0, 0.05) is 4.88 Å². The molecule has 1 aromatic rings. The first kappa shape index (κ1) is 9.56. The van der Waals surface area contributed by atoms with Crippen LogP contribution in [0, 0.1) is 11.3 Å². The highest BCUT2D eigenvalue weighted by Gasteiger charge is 2.11. The third kappa shape index (κ3) is 1.79. The number of nitrogens with zero attached hydrogens (tertiary/aromatic N) is 1. The Balaban J connectivity index is 2.98. The van der Waals surface area contributed by atoms with E-state index >= 15 is 0 Å². The normalized spacial score (nSPS) is 12.2. The van der Waals surface area contributed by atoms with Crippen LogP contribution < -0.4 is 4.74 Å². The molecule has 0 aliphatic heterocycles. The summed E-state index contributed by atoms with van der Waals surface area (Å²) in [5.74, 6) is -0.0600. The number of hydrogen-bond donors (Lipinski definition) is 0. The van der Waals surface area contributed by atoms with E-state index in [2.05, 4.69) is 22.0 Å². The number of thiophene rings is 1. The van der Waals surface area contributed by atoms with Gasteiger partial charge in [-0.1, -0.05) is 0 Å². The zero-order chi connectivity index (χ0) is 9.14. The minimum atomic E-state index is -0.0600. The fourth-order valence-electron chi connectivity index (χ4n) is 0.785. The average molecular weight is 246 g/mol. The summed E-state index contributed by atoms with van der Waals surface area (Å²) in [5.41, 5.74) is 0. The predicted octanol–water partition coefficient (Wildman–Crippen LogP) is 3.15. The molecule has 1 unspecified atom stereocenters. The first-order valence-electron chi connectivity index (χ1n) is 3.42. The highest BCUT2D eigenvalue weighted by atomic mass is 79.9. The van der Waals surface area contributed by atoms with E-state index in [-0.39, 0.29) is 5.92 Å². The van der Waals surface area contributed by atoms with Gasteiger partial charge in [0.05, 0.1) is 23.6 Å². The molecule has 0 saturated carbocycles. The molecule has 0 spiro atoms. The quantitative estimate of drug-likeness (QED) is 0.803. The predicted molar refractivity (Wildman–Crippen MR) is 52.6 cm³/mol. The summed E-state index contributed by atoms with van der Waals surface area (Å²) in [6.07, 6.45) is 0. The Morgan fingerprint density at radius 3 is 2.83 bits per heavy atom. The van der Waals surface area contributed by atoms with Crippen molar-refractivity contribution in [3.63, 3.8) is 0 Å². The van der Waals surface area contributed by atoms with Crippen molar-refractivity contribution in [1.29, 1.82) is 5.26 Å². The van der Waals surface area contributed by atoms with Crippen LogP contribution in [0.2, 0.25) is 0 Å². The second-order valence-electron chi connectivity index (χ2n) is 2.34. The van der Waals surface area contributed by atoms with E-state index in [9.17, 15) is 0 Å². The fourth-order valence-corrected chi connectivity index (χ4v) is 2.45. The Morgan fingerprint density at radius 2 is 2.42 bits per heavy atom. The molecule has 0 radical (unpaired) electrons. The van der Waals surface area contributed by atoms with Gasteiger partial charge in [-0.2, -0.15) is 5.26 Å². The van der Waals surface area contributed by atoms with Gasteiger partial charge in [0.1, 0.15) is 0 Å². The minimum Gasteiger partial charge on any atom is -0.486 e. The molecule has 0 aliphatic rings. The van der Waals surface area contributed by atoms with E-state index in [4.69, 9.17) is 10.00 Å². The second kappa shape index (κ2) is 3.92. The Bertz CT molecular complexity index is 315. The zero-order valence-corrected chi connectivity index (χ0v) is 9.20. The van der Waals surface area contributed by atoms with E-state index in [1.54, 1.807) is 7.11 Å². The van der Waals surface area contributed by atoms with Crippen molar-refractivity contribution in [2.24, 2.45) is 0 Å². The van der Waals surface area contributed by atoms with Gasteiger partial charge in [0.15, 0.2) is 5.06 Å². The molecule has 0 saturated heterocycles. The van der Waals surface area contributed by atoms with Crippen LogP contribution in [-0.4, -0.2) is 7.11 Å². The number of hydrogen-bond acceptors (Lipinski definition) is 3. The van der Waals surface area contributed by atoms with Gasteiger partial charge in [-0.05, 0) is 28.9 Å². The van der Waals surface area contributed by atoms with Gasteiger partial charge < -0.3 is 4.74 Å². The van der Waals surface area contributed by atoms with Crippen LogP contribution in [0.4, 0.5) is 0 Å². The first-order chi connectivity index (χ1) is 5.69. The highest BCUT2D eigenvalue weighted by molar-refractivity contribution is 9.10. The largest absolute Gasteiger partial charge is 0.486 e. The van der Waals surface area contributed by atoms with Crippen molar-refractivity contribution in [2.75, 3.05) is 7.11 Å². The van der Waals surface area contributed by atoms with Crippen molar-refractivity contribution >= 4 is 27.3 Å². The van der Waals surface area contributed by atoms with Crippen LogP contribution in [0.1, 0.15) is 17.7 Å². The first-order valence-corrected chi connectivity index (χ1v) is 5.02.